The van der Waals surface area contributed by atoms with Gasteiger partial charge in [0.2, 0.25) is 0 Å². The van der Waals surface area contributed by atoms with Crippen LogP contribution in [0.1, 0.15) is 18.1 Å². The summed E-state index contributed by atoms with van der Waals surface area (Å²) in [4.78, 5) is 2.04. The van der Waals surface area contributed by atoms with E-state index in [4.69, 9.17) is 26.7 Å². The average Bonchev–Trinajstić information content (AvgIpc) is 2.74. The molecule has 1 N–H and O–H groups in total. The van der Waals surface area contributed by atoms with Crippen LogP contribution in [-0.4, -0.2) is 30.6 Å². The van der Waals surface area contributed by atoms with Crippen LogP contribution in [-0.2, 0) is 4.74 Å². The van der Waals surface area contributed by atoms with Crippen LogP contribution < -0.4 is 4.90 Å². The molecule has 0 radical (unpaired) electrons. The molecule has 2 rings (SSSR count). The van der Waals surface area contributed by atoms with Gasteiger partial charge in [-0.15, -0.1) is 0 Å². The second-order valence-electron chi connectivity index (χ2n) is 4.38. The maximum atomic E-state index is 9.13. The van der Waals surface area contributed by atoms with Crippen molar-refractivity contribution in [3.63, 3.8) is 0 Å². The molecule has 0 bridgehead atoms. The zero-order chi connectivity index (χ0) is 13.3. The van der Waals surface area contributed by atoms with E-state index in [1.165, 1.54) is 0 Å². The van der Waals surface area contributed by atoms with E-state index < -0.39 is 0 Å². The van der Waals surface area contributed by atoms with Crippen LogP contribution >= 0.6 is 11.6 Å². The fraction of sp³-hybridized carbons (Fsp3) is 0.462. The molecule has 0 aliphatic carbocycles. The molecular formula is C13H15ClN2O2. The Kier molecular flexibility index (Phi) is 3.76. The van der Waals surface area contributed by atoms with Crippen LogP contribution in [0.3, 0.4) is 0 Å². The molecule has 1 aliphatic heterocycles. The number of hydrogen-bond donors (Lipinski definition) is 1. The minimum atomic E-state index is -0.172. The first-order valence-electron chi connectivity index (χ1n) is 5.80. The second kappa shape index (κ2) is 5.15. The third-order valence-corrected chi connectivity index (χ3v) is 3.71. The molecule has 0 saturated carbocycles. The van der Waals surface area contributed by atoms with Crippen LogP contribution in [0.4, 0.5) is 5.69 Å². The molecule has 1 heterocycles. The molecule has 0 aromatic heterocycles. The third kappa shape index (κ3) is 2.17. The van der Waals surface area contributed by atoms with Gasteiger partial charge >= 0.3 is 0 Å². The van der Waals surface area contributed by atoms with Gasteiger partial charge in [0.25, 0.3) is 0 Å². The monoisotopic (exact) mass is 266 g/mol. The number of nitrogens with zero attached hydrogens (tertiary/aromatic N) is 2. The van der Waals surface area contributed by atoms with Gasteiger partial charge in [-0.25, -0.2) is 0 Å². The van der Waals surface area contributed by atoms with Gasteiger partial charge in [-0.05, 0) is 31.5 Å². The first-order chi connectivity index (χ1) is 8.58. The van der Waals surface area contributed by atoms with E-state index in [0.29, 0.717) is 17.1 Å². The van der Waals surface area contributed by atoms with Crippen molar-refractivity contribution in [3.8, 4) is 6.07 Å². The molecular weight excluding hydrogens is 252 g/mol. The SMILES string of the molecule is Cc1c(N2C[C@@H](CO)O[C@H]2C)ccc(C#N)c1Cl. The first kappa shape index (κ1) is 13.2. The number of aliphatic hydroxyl groups is 1. The molecule has 0 amide bonds. The predicted octanol–water partition coefficient (Wildman–Crippen LogP) is 2.06. The minimum Gasteiger partial charge on any atom is -0.394 e. The summed E-state index contributed by atoms with van der Waals surface area (Å²) in [6.45, 7) is 4.45. The van der Waals surface area contributed by atoms with Crippen molar-refractivity contribution < 1.29 is 9.84 Å². The van der Waals surface area contributed by atoms with Gasteiger partial charge in [0.15, 0.2) is 0 Å². The van der Waals surface area contributed by atoms with Crippen molar-refractivity contribution in [1.29, 1.82) is 5.26 Å². The van der Waals surface area contributed by atoms with Crippen LogP contribution in [0.25, 0.3) is 0 Å². The Morgan fingerprint density at radius 1 is 1.61 bits per heavy atom. The van der Waals surface area contributed by atoms with Gasteiger partial charge in [-0.2, -0.15) is 5.26 Å². The summed E-state index contributed by atoms with van der Waals surface area (Å²) in [6, 6.07) is 5.65. The number of ether oxygens (including phenoxy) is 1. The lowest BCUT2D eigenvalue weighted by Crippen LogP contribution is -2.28. The molecule has 1 saturated heterocycles. The number of nitriles is 1. The summed E-state index contributed by atoms with van der Waals surface area (Å²) in [5.74, 6) is 0. The van der Waals surface area contributed by atoms with Gasteiger partial charge in [-0.1, -0.05) is 11.6 Å². The summed E-state index contributed by atoms with van der Waals surface area (Å²) in [5.41, 5.74) is 2.29. The standard InChI is InChI=1S/C13H15ClN2O2/c1-8-12(4-3-10(5-15)13(8)14)16-6-11(7-17)18-9(16)2/h3-4,9,11,17H,6-7H2,1-2H3/t9-,11-/m0/s1. The highest BCUT2D eigenvalue weighted by Gasteiger charge is 2.30. The van der Waals surface area contributed by atoms with E-state index >= 15 is 0 Å². The highest BCUT2D eigenvalue weighted by molar-refractivity contribution is 6.32. The summed E-state index contributed by atoms with van der Waals surface area (Å²) in [5, 5.41) is 18.5. The number of benzene rings is 1. The Hall–Kier alpha value is -1.28. The normalized spacial score (nSPS) is 23.2. The zero-order valence-electron chi connectivity index (χ0n) is 10.4. The number of anilines is 1. The van der Waals surface area contributed by atoms with Crippen LogP contribution in [0.15, 0.2) is 12.1 Å². The lowest BCUT2D eigenvalue weighted by atomic mass is 10.1. The quantitative estimate of drug-likeness (QED) is 0.890. The molecule has 1 aromatic rings. The highest BCUT2D eigenvalue weighted by Crippen LogP contribution is 2.33. The van der Waals surface area contributed by atoms with E-state index in [-0.39, 0.29) is 18.9 Å². The summed E-state index contributed by atoms with van der Waals surface area (Å²) >= 11 is 6.16. The topological polar surface area (TPSA) is 56.5 Å². The maximum absolute atomic E-state index is 9.13. The first-order valence-corrected chi connectivity index (χ1v) is 6.18. The van der Waals surface area contributed by atoms with Crippen molar-refractivity contribution in [2.75, 3.05) is 18.1 Å². The van der Waals surface area contributed by atoms with Gasteiger partial charge in [0, 0.05) is 12.2 Å². The van der Waals surface area contributed by atoms with Gasteiger partial charge in [-0.3, -0.25) is 0 Å². The molecule has 5 heteroatoms. The molecule has 1 fully saturated rings. The Morgan fingerprint density at radius 2 is 2.33 bits per heavy atom. The fourth-order valence-electron chi connectivity index (χ4n) is 2.23. The van der Waals surface area contributed by atoms with Crippen LogP contribution in [0.5, 0.6) is 0 Å². The van der Waals surface area contributed by atoms with Crippen molar-refractivity contribution >= 4 is 17.3 Å². The molecule has 18 heavy (non-hydrogen) atoms. The molecule has 1 aromatic carbocycles. The van der Waals surface area contributed by atoms with Crippen molar-refractivity contribution in [2.45, 2.75) is 26.2 Å². The lowest BCUT2D eigenvalue weighted by molar-refractivity contribution is 0.0238. The van der Waals surface area contributed by atoms with Crippen molar-refractivity contribution in [3.05, 3.63) is 28.3 Å². The minimum absolute atomic E-state index is 0.00387. The molecule has 2 atom stereocenters. The van der Waals surface area contributed by atoms with Crippen molar-refractivity contribution in [2.24, 2.45) is 0 Å². The summed E-state index contributed by atoms with van der Waals surface area (Å²) < 4.78 is 5.60. The number of halogens is 1. The van der Waals surface area contributed by atoms with Crippen LogP contribution in [0, 0.1) is 18.3 Å². The predicted molar refractivity (Wildman–Crippen MR) is 69.7 cm³/mol. The number of hydrogen-bond acceptors (Lipinski definition) is 4. The third-order valence-electron chi connectivity index (χ3n) is 3.22. The Morgan fingerprint density at radius 3 is 2.89 bits per heavy atom. The number of rotatable bonds is 2. The molecule has 0 spiro atoms. The van der Waals surface area contributed by atoms with Crippen molar-refractivity contribution in [1.82, 2.24) is 0 Å². The van der Waals surface area contributed by atoms with Gasteiger partial charge in [0.1, 0.15) is 18.4 Å². The van der Waals surface area contributed by atoms with Gasteiger partial charge < -0.3 is 14.7 Å². The van der Waals surface area contributed by atoms with Gasteiger partial charge in [0.05, 0.1) is 17.2 Å². The Bertz CT molecular complexity index is 498. The van der Waals surface area contributed by atoms with E-state index in [2.05, 4.69) is 6.07 Å². The van der Waals surface area contributed by atoms with E-state index in [9.17, 15) is 0 Å². The summed E-state index contributed by atoms with van der Waals surface area (Å²) in [7, 11) is 0. The Balaban J connectivity index is 2.35. The molecule has 0 unspecified atom stereocenters. The van der Waals surface area contributed by atoms with E-state index in [1.54, 1.807) is 6.07 Å². The maximum Gasteiger partial charge on any atom is 0.127 e. The highest BCUT2D eigenvalue weighted by atomic mass is 35.5. The van der Waals surface area contributed by atoms with E-state index in [0.717, 1.165) is 11.3 Å². The lowest BCUT2D eigenvalue weighted by Gasteiger charge is -2.24. The van der Waals surface area contributed by atoms with E-state index in [1.807, 2.05) is 24.8 Å². The molecule has 4 nitrogen and oxygen atoms in total. The Labute approximate surface area is 111 Å². The average molecular weight is 267 g/mol. The fourth-order valence-corrected chi connectivity index (χ4v) is 2.43. The number of aliphatic hydroxyl groups excluding tert-OH is 1. The molecule has 1 aliphatic rings. The summed E-state index contributed by atoms with van der Waals surface area (Å²) in [6.07, 6.45) is -0.279. The smallest absolute Gasteiger partial charge is 0.127 e. The largest absolute Gasteiger partial charge is 0.394 e. The van der Waals surface area contributed by atoms with Crippen LogP contribution in [0.2, 0.25) is 5.02 Å². The second-order valence-corrected chi connectivity index (χ2v) is 4.75. The molecule has 96 valence electrons. The zero-order valence-corrected chi connectivity index (χ0v) is 11.1.